The average molecular weight is 361 g/mol. The van der Waals surface area contributed by atoms with Crippen molar-refractivity contribution in [1.29, 1.82) is 0 Å². The van der Waals surface area contributed by atoms with Gasteiger partial charge in [0.1, 0.15) is 5.75 Å². The summed E-state index contributed by atoms with van der Waals surface area (Å²) in [6, 6.07) is 4.19. The second kappa shape index (κ2) is 6.13. The molecule has 0 aliphatic heterocycles. The topological polar surface area (TPSA) is 43.4 Å². The van der Waals surface area contributed by atoms with Gasteiger partial charge in [-0.05, 0) is 33.6 Å². The van der Waals surface area contributed by atoms with Crippen LogP contribution < -0.4 is 4.74 Å². The molecule has 1 aromatic rings. The molecule has 0 bridgehead atoms. The van der Waals surface area contributed by atoms with E-state index in [4.69, 9.17) is 0 Å². The van der Waals surface area contributed by atoms with Gasteiger partial charge in [0, 0.05) is 5.75 Å². The van der Waals surface area contributed by atoms with E-state index in [2.05, 4.69) is 20.7 Å². The lowest BCUT2D eigenvalue weighted by molar-refractivity contribution is -0.153. The molecule has 0 unspecified atom stereocenters. The van der Waals surface area contributed by atoms with Crippen LogP contribution in [0.3, 0.4) is 0 Å². The summed E-state index contributed by atoms with van der Waals surface area (Å²) in [5.41, 5.74) is 0.494. The Kier molecular flexibility index (Phi) is 5.26. The molecular formula is C11H12BrF3O3S. The van der Waals surface area contributed by atoms with Crippen molar-refractivity contribution < 1.29 is 26.3 Å². The number of benzene rings is 1. The van der Waals surface area contributed by atoms with Gasteiger partial charge in [0.15, 0.2) is 16.4 Å². The molecule has 0 saturated carbocycles. The van der Waals surface area contributed by atoms with Crippen LogP contribution in [0.5, 0.6) is 5.75 Å². The van der Waals surface area contributed by atoms with E-state index < -0.39 is 22.6 Å². The van der Waals surface area contributed by atoms with Crippen LogP contribution in [0, 0.1) is 0 Å². The van der Waals surface area contributed by atoms with Gasteiger partial charge in [-0.3, -0.25) is 0 Å². The molecule has 19 heavy (non-hydrogen) atoms. The predicted molar refractivity (Wildman–Crippen MR) is 68.9 cm³/mol. The number of halogens is 4. The van der Waals surface area contributed by atoms with Crippen LogP contribution >= 0.6 is 15.9 Å². The zero-order chi connectivity index (χ0) is 14.7. The molecule has 8 heteroatoms. The first-order valence-corrected chi connectivity index (χ1v) is 7.93. The third-order valence-electron chi connectivity index (χ3n) is 2.21. The molecule has 0 spiro atoms. The number of ether oxygens (including phenoxy) is 1. The van der Waals surface area contributed by atoms with Crippen molar-refractivity contribution in [3.63, 3.8) is 0 Å². The van der Waals surface area contributed by atoms with E-state index in [0.717, 1.165) is 0 Å². The van der Waals surface area contributed by atoms with Crippen molar-refractivity contribution in [2.24, 2.45) is 0 Å². The van der Waals surface area contributed by atoms with Crippen molar-refractivity contribution in [3.8, 4) is 5.75 Å². The average Bonchev–Trinajstić information content (AvgIpc) is 2.26. The summed E-state index contributed by atoms with van der Waals surface area (Å²) in [7, 11) is -3.18. The first kappa shape index (κ1) is 16.3. The fraction of sp³-hybridized carbons (Fsp3) is 0.455. The molecule has 108 valence electrons. The van der Waals surface area contributed by atoms with Gasteiger partial charge in [-0.25, -0.2) is 8.42 Å². The molecule has 0 atom stereocenters. The zero-order valence-electron chi connectivity index (χ0n) is 10.00. The van der Waals surface area contributed by atoms with E-state index in [1.165, 1.54) is 25.1 Å². The van der Waals surface area contributed by atoms with Crippen LogP contribution in [0.25, 0.3) is 0 Å². The Hall–Kier alpha value is -0.760. The standard InChI is InChI=1S/C11H12BrF3O3S/c1-2-19(16,17)6-8-3-4-10(9(12)5-8)18-7-11(13,14)15/h3-5H,2,6-7H2,1H3. The Morgan fingerprint density at radius 2 is 1.95 bits per heavy atom. The smallest absolute Gasteiger partial charge is 0.422 e. The highest BCUT2D eigenvalue weighted by Crippen LogP contribution is 2.28. The largest absolute Gasteiger partial charge is 0.483 e. The Morgan fingerprint density at radius 1 is 1.32 bits per heavy atom. The monoisotopic (exact) mass is 360 g/mol. The molecule has 0 aliphatic carbocycles. The lowest BCUT2D eigenvalue weighted by Gasteiger charge is -2.11. The van der Waals surface area contributed by atoms with Gasteiger partial charge >= 0.3 is 6.18 Å². The van der Waals surface area contributed by atoms with Crippen molar-refractivity contribution >= 4 is 25.8 Å². The molecule has 0 aromatic heterocycles. The second-order valence-electron chi connectivity index (χ2n) is 3.85. The van der Waals surface area contributed by atoms with Gasteiger partial charge in [0.25, 0.3) is 0 Å². The van der Waals surface area contributed by atoms with Gasteiger partial charge in [-0.2, -0.15) is 13.2 Å². The lowest BCUT2D eigenvalue weighted by atomic mass is 10.2. The molecule has 0 amide bonds. The van der Waals surface area contributed by atoms with Gasteiger partial charge < -0.3 is 4.74 Å². The van der Waals surface area contributed by atoms with Crippen LogP contribution in [-0.4, -0.2) is 27.0 Å². The minimum atomic E-state index is -4.41. The highest BCUT2D eigenvalue weighted by Gasteiger charge is 2.28. The third kappa shape index (κ3) is 5.82. The first-order chi connectivity index (χ1) is 8.63. The lowest BCUT2D eigenvalue weighted by Crippen LogP contribution is -2.19. The maximum Gasteiger partial charge on any atom is 0.422 e. The van der Waals surface area contributed by atoms with Gasteiger partial charge in [0.05, 0.1) is 10.2 Å². The summed E-state index contributed by atoms with van der Waals surface area (Å²) in [4.78, 5) is 0. The van der Waals surface area contributed by atoms with Crippen LogP contribution in [0.1, 0.15) is 12.5 Å². The van der Waals surface area contributed by atoms with Crippen LogP contribution in [0.2, 0.25) is 0 Å². The Morgan fingerprint density at radius 3 is 2.42 bits per heavy atom. The highest BCUT2D eigenvalue weighted by atomic mass is 79.9. The third-order valence-corrected chi connectivity index (χ3v) is 4.49. The molecule has 0 saturated heterocycles. The summed E-state index contributed by atoms with van der Waals surface area (Å²) in [6.07, 6.45) is -4.41. The van der Waals surface area contributed by atoms with Crippen LogP contribution in [0.4, 0.5) is 13.2 Å². The SMILES string of the molecule is CCS(=O)(=O)Cc1ccc(OCC(F)(F)F)c(Br)c1. The molecule has 1 aromatic carbocycles. The predicted octanol–water partition coefficient (Wildman–Crippen LogP) is 3.32. The van der Waals surface area contributed by atoms with Crippen molar-refractivity contribution in [1.82, 2.24) is 0 Å². The van der Waals surface area contributed by atoms with Crippen molar-refractivity contribution in [3.05, 3.63) is 28.2 Å². The molecular weight excluding hydrogens is 349 g/mol. The molecule has 0 aliphatic rings. The Labute approximate surface area is 117 Å². The molecule has 0 radical (unpaired) electrons. The second-order valence-corrected chi connectivity index (χ2v) is 7.05. The number of alkyl halides is 3. The number of rotatable bonds is 5. The van der Waals surface area contributed by atoms with Crippen LogP contribution in [0.15, 0.2) is 22.7 Å². The van der Waals surface area contributed by atoms with E-state index in [1.807, 2.05) is 0 Å². The number of sulfone groups is 1. The normalized spacial score (nSPS) is 12.5. The summed E-state index contributed by atoms with van der Waals surface area (Å²) in [6.45, 7) is 0.142. The van der Waals surface area contributed by atoms with E-state index in [-0.39, 0.29) is 17.3 Å². The van der Waals surface area contributed by atoms with Gasteiger partial charge in [0.2, 0.25) is 0 Å². The quantitative estimate of drug-likeness (QED) is 0.808. The van der Waals surface area contributed by atoms with Crippen LogP contribution in [-0.2, 0) is 15.6 Å². The maximum atomic E-state index is 12.0. The Balaban J connectivity index is 2.81. The van der Waals surface area contributed by atoms with E-state index in [9.17, 15) is 21.6 Å². The fourth-order valence-electron chi connectivity index (χ4n) is 1.27. The summed E-state index contributed by atoms with van der Waals surface area (Å²) < 4.78 is 63.7. The maximum absolute atomic E-state index is 12.0. The summed E-state index contributed by atoms with van der Waals surface area (Å²) in [5.74, 6) is -0.117. The fourth-order valence-corrected chi connectivity index (χ4v) is 2.70. The zero-order valence-corrected chi connectivity index (χ0v) is 12.4. The molecule has 0 fully saturated rings. The Bertz CT molecular complexity index is 541. The first-order valence-electron chi connectivity index (χ1n) is 5.31. The number of hydrogen-bond acceptors (Lipinski definition) is 3. The van der Waals surface area contributed by atoms with Gasteiger partial charge in [-0.15, -0.1) is 0 Å². The van der Waals surface area contributed by atoms with E-state index in [0.29, 0.717) is 10.0 Å². The minimum Gasteiger partial charge on any atom is -0.483 e. The minimum absolute atomic E-state index is 0.0109. The molecule has 0 heterocycles. The van der Waals surface area contributed by atoms with E-state index in [1.54, 1.807) is 0 Å². The molecule has 1 rings (SSSR count). The molecule has 3 nitrogen and oxygen atoms in total. The summed E-state index contributed by atoms with van der Waals surface area (Å²) >= 11 is 3.06. The molecule has 0 N–H and O–H groups in total. The summed E-state index contributed by atoms with van der Waals surface area (Å²) in [5, 5.41) is 0. The van der Waals surface area contributed by atoms with Gasteiger partial charge in [-0.1, -0.05) is 13.0 Å². The number of hydrogen-bond donors (Lipinski definition) is 0. The van der Waals surface area contributed by atoms with Crippen molar-refractivity contribution in [2.45, 2.75) is 18.9 Å². The van der Waals surface area contributed by atoms with Crippen molar-refractivity contribution in [2.75, 3.05) is 12.4 Å². The highest BCUT2D eigenvalue weighted by molar-refractivity contribution is 9.10. The van der Waals surface area contributed by atoms with E-state index >= 15 is 0 Å².